The fourth-order valence-electron chi connectivity index (χ4n) is 3.26. The first kappa shape index (κ1) is 18.6. The van der Waals surface area contributed by atoms with Gasteiger partial charge in [0.15, 0.2) is 0 Å². The molecule has 0 bridgehead atoms. The van der Waals surface area contributed by atoms with Crippen LogP contribution in [-0.2, 0) is 16.1 Å². The van der Waals surface area contributed by atoms with Crippen molar-refractivity contribution >= 4 is 17.7 Å². The van der Waals surface area contributed by atoms with Crippen LogP contribution >= 0.6 is 0 Å². The molecule has 1 aliphatic heterocycles. The monoisotopic (exact) mass is 365 g/mol. The van der Waals surface area contributed by atoms with Crippen LogP contribution in [0.15, 0.2) is 48.5 Å². The zero-order valence-electron chi connectivity index (χ0n) is 15.5. The fraction of sp³-hybridized carbons (Fsp3) is 0.286. The SMILES string of the molecule is Cc1ccc(C(=O)NNC(=O)[C@@H]2CC(=O)N(Cc3ccccc3)C2)c(C)c1. The summed E-state index contributed by atoms with van der Waals surface area (Å²) in [5.41, 5.74) is 8.34. The Morgan fingerprint density at radius 2 is 1.81 bits per heavy atom. The summed E-state index contributed by atoms with van der Waals surface area (Å²) in [5.74, 6) is -1.25. The highest BCUT2D eigenvalue weighted by Crippen LogP contribution is 2.20. The molecule has 6 nitrogen and oxygen atoms in total. The number of amides is 3. The van der Waals surface area contributed by atoms with Crippen LogP contribution in [0.5, 0.6) is 0 Å². The van der Waals surface area contributed by atoms with Gasteiger partial charge < -0.3 is 4.90 Å². The Labute approximate surface area is 158 Å². The lowest BCUT2D eigenvalue weighted by Gasteiger charge is -2.17. The molecule has 1 saturated heterocycles. The number of nitrogens with zero attached hydrogens (tertiary/aromatic N) is 1. The molecular weight excluding hydrogens is 342 g/mol. The van der Waals surface area contributed by atoms with E-state index in [1.54, 1.807) is 11.0 Å². The predicted molar refractivity (Wildman–Crippen MR) is 101 cm³/mol. The molecule has 0 spiro atoms. The van der Waals surface area contributed by atoms with Crippen LogP contribution < -0.4 is 10.9 Å². The third-order valence-corrected chi connectivity index (χ3v) is 4.73. The van der Waals surface area contributed by atoms with Gasteiger partial charge in [-0.25, -0.2) is 0 Å². The second-order valence-corrected chi connectivity index (χ2v) is 6.92. The maximum atomic E-state index is 12.4. The minimum atomic E-state index is -0.472. The molecule has 0 aromatic heterocycles. The number of hydrogen-bond donors (Lipinski definition) is 2. The predicted octanol–water partition coefficient (Wildman–Crippen LogP) is 2.11. The topological polar surface area (TPSA) is 78.5 Å². The van der Waals surface area contributed by atoms with E-state index >= 15 is 0 Å². The van der Waals surface area contributed by atoms with E-state index in [0.29, 0.717) is 18.7 Å². The summed E-state index contributed by atoms with van der Waals surface area (Å²) in [6, 6.07) is 15.1. The van der Waals surface area contributed by atoms with Crippen molar-refractivity contribution in [2.75, 3.05) is 6.54 Å². The number of carbonyl (C=O) groups is 3. The number of hydrogen-bond acceptors (Lipinski definition) is 3. The van der Waals surface area contributed by atoms with Crippen molar-refractivity contribution in [3.05, 3.63) is 70.8 Å². The van der Waals surface area contributed by atoms with Gasteiger partial charge >= 0.3 is 0 Å². The van der Waals surface area contributed by atoms with E-state index in [4.69, 9.17) is 0 Å². The number of benzene rings is 2. The highest BCUT2D eigenvalue weighted by molar-refractivity contribution is 5.97. The highest BCUT2D eigenvalue weighted by Gasteiger charge is 2.34. The summed E-state index contributed by atoms with van der Waals surface area (Å²) < 4.78 is 0. The Morgan fingerprint density at radius 1 is 1.07 bits per heavy atom. The molecule has 1 atom stereocenters. The average molecular weight is 365 g/mol. The number of likely N-dealkylation sites (tertiary alicyclic amines) is 1. The van der Waals surface area contributed by atoms with Gasteiger partial charge in [-0.15, -0.1) is 0 Å². The molecule has 0 unspecified atom stereocenters. The van der Waals surface area contributed by atoms with Crippen molar-refractivity contribution in [3.63, 3.8) is 0 Å². The van der Waals surface area contributed by atoms with Gasteiger partial charge in [-0.3, -0.25) is 25.2 Å². The molecule has 140 valence electrons. The number of carbonyl (C=O) groups excluding carboxylic acids is 3. The van der Waals surface area contributed by atoms with Crippen molar-refractivity contribution in [3.8, 4) is 0 Å². The third kappa shape index (κ3) is 4.53. The fourth-order valence-corrected chi connectivity index (χ4v) is 3.26. The lowest BCUT2D eigenvalue weighted by Crippen LogP contribution is -2.45. The average Bonchev–Trinajstić information content (AvgIpc) is 3.01. The Hall–Kier alpha value is -3.15. The van der Waals surface area contributed by atoms with Crippen LogP contribution in [0.4, 0.5) is 0 Å². The van der Waals surface area contributed by atoms with Gasteiger partial charge in [-0.1, -0.05) is 48.0 Å². The molecule has 0 radical (unpaired) electrons. The number of rotatable bonds is 4. The first-order chi connectivity index (χ1) is 12.9. The lowest BCUT2D eigenvalue weighted by atomic mass is 10.1. The maximum Gasteiger partial charge on any atom is 0.269 e. The Balaban J connectivity index is 1.54. The quantitative estimate of drug-likeness (QED) is 0.815. The van der Waals surface area contributed by atoms with Crippen LogP contribution in [0.1, 0.15) is 33.5 Å². The molecule has 3 rings (SSSR count). The summed E-state index contributed by atoms with van der Waals surface area (Å²) in [5, 5.41) is 0. The smallest absolute Gasteiger partial charge is 0.269 e. The number of aryl methyl sites for hydroxylation is 2. The minimum absolute atomic E-state index is 0.0558. The van der Waals surface area contributed by atoms with Crippen molar-refractivity contribution in [1.82, 2.24) is 15.8 Å². The minimum Gasteiger partial charge on any atom is -0.338 e. The van der Waals surface area contributed by atoms with Crippen molar-refractivity contribution in [2.24, 2.45) is 5.92 Å². The Kier molecular flexibility index (Phi) is 5.54. The van der Waals surface area contributed by atoms with E-state index in [1.807, 2.05) is 56.3 Å². The van der Waals surface area contributed by atoms with Crippen LogP contribution in [0.25, 0.3) is 0 Å². The first-order valence-electron chi connectivity index (χ1n) is 8.93. The molecule has 27 heavy (non-hydrogen) atoms. The molecule has 1 heterocycles. The molecule has 1 aliphatic rings. The van der Waals surface area contributed by atoms with Crippen LogP contribution in [0.3, 0.4) is 0 Å². The second-order valence-electron chi connectivity index (χ2n) is 6.92. The zero-order valence-corrected chi connectivity index (χ0v) is 15.5. The van der Waals surface area contributed by atoms with Gasteiger partial charge in [0.25, 0.3) is 5.91 Å². The van der Waals surface area contributed by atoms with Gasteiger partial charge in [0.2, 0.25) is 11.8 Å². The first-order valence-corrected chi connectivity index (χ1v) is 8.93. The second kappa shape index (κ2) is 8.03. The summed E-state index contributed by atoms with van der Waals surface area (Å²) in [7, 11) is 0. The number of hydrazine groups is 1. The van der Waals surface area contributed by atoms with Gasteiger partial charge in [-0.05, 0) is 31.0 Å². The van der Waals surface area contributed by atoms with Crippen LogP contribution in [0.2, 0.25) is 0 Å². The largest absolute Gasteiger partial charge is 0.338 e. The van der Waals surface area contributed by atoms with Crippen LogP contribution in [0, 0.1) is 19.8 Å². The summed E-state index contributed by atoms with van der Waals surface area (Å²) >= 11 is 0. The molecule has 1 fully saturated rings. The third-order valence-electron chi connectivity index (χ3n) is 4.73. The van der Waals surface area contributed by atoms with Crippen molar-refractivity contribution in [2.45, 2.75) is 26.8 Å². The molecule has 2 N–H and O–H groups in total. The van der Waals surface area contributed by atoms with E-state index in [9.17, 15) is 14.4 Å². The lowest BCUT2D eigenvalue weighted by molar-refractivity contribution is -0.129. The normalized spacial score (nSPS) is 16.3. The Morgan fingerprint density at radius 3 is 2.52 bits per heavy atom. The Bertz CT molecular complexity index is 864. The van der Waals surface area contributed by atoms with Gasteiger partial charge in [0, 0.05) is 25.1 Å². The maximum absolute atomic E-state index is 12.4. The van der Waals surface area contributed by atoms with Crippen molar-refractivity contribution in [1.29, 1.82) is 0 Å². The molecule has 2 aromatic carbocycles. The van der Waals surface area contributed by atoms with Gasteiger partial charge in [-0.2, -0.15) is 0 Å². The molecule has 3 amide bonds. The van der Waals surface area contributed by atoms with E-state index in [1.165, 1.54) is 0 Å². The standard InChI is InChI=1S/C21H23N3O3/c1-14-8-9-18(15(2)10-14)21(27)23-22-20(26)17-11-19(25)24(13-17)12-16-6-4-3-5-7-16/h3-10,17H,11-13H2,1-2H3,(H,22,26)(H,23,27)/t17-/m1/s1. The van der Waals surface area contributed by atoms with E-state index in [2.05, 4.69) is 10.9 Å². The van der Waals surface area contributed by atoms with Gasteiger partial charge in [0.1, 0.15) is 0 Å². The van der Waals surface area contributed by atoms with Crippen molar-refractivity contribution < 1.29 is 14.4 Å². The zero-order chi connectivity index (χ0) is 19.4. The molecule has 2 aromatic rings. The molecule has 0 saturated carbocycles. The molecule has 6 heteroatoms. The summed E-state index contributed by atoms with van der Waals surface area (Å²) in [4.78, 5) is 38.5. The van der Waals surface area contributed by atoms with E-state index < -0.39 is 5.92 Å². The highest BCUT2D eigenvalue weighted by atomic mass is 16.2. The summed E-state index contributed by atoms with van der Waals surface area (Å²) in [6.45, 7) is 4.63. The van der Waals surface area contributed by atoms with E-state index in [0.717, 1.165) is 16.7 Å². The number of nitrogens with one attached hydrogen (secondary N) is 2. The van der Waals surface area contributed by atoms with Gasteiger partial charge in [0.05, 0.1) is 5.92 Å². The molecular formula is C21H23N3O3. The summed E-state index contributed by atoms with van der Waals surface area (Å²) in [6.07, 6.45) is 0.151. The van der Waals surface area contributed by atoms with Crippen LogP contribution in [-0.4, -0.2) is 29.2 Å². The molecule has 0 aliphatic carbocycles. The van der Waals surface area contributed by atoms with E-state index in [-0.39, 0.29) is 24.1 Å².